The van der Waals surface area contributed by atoms with Crippen LogP contribution in [0.15, 0.2) is 0 Å². The van der Waals surface area contributed by atoms with Crippen molar-refractivity contribution in [3.8, 4) is 0 Å². The molecule has 3 N–H and O–H groups in total. The van der Waals surface area contributed by atoms with Crippen molar-refractivity contribution in [3.05, 3.63) is 0 Å². The summed E-state index contributed by atoms with van der Waals surface area (Å²) in [5, 5.41) is 8.28. The first-order chi connectivity index (χ1) is 4.57. The van der Waals surface area contributed by atoms with Crippen molar-refractivity contribution < 1.29 is 19.4 Å². The van der Waals surface area contributed by atoms with Crippen LogP contribution >= 0.6 is 0 Å². The van der Waals surface area contributed by atoms with Gasteiger partial charge in [0.15, 0.2) is 0 Å². The van der Waals surface area contributed by atoms with Gasteiger partial charge in [0.2, 0.25) is 0 Å². The fraction of sp³-hybridized carbons (Fsp3) is 0.600. The van der Waals surface area contributed by atoms with Crippen molar-refractivity contribution in [2.45, 2.75) is 13.0 Å². The average molecular weight is 147 g/mol. The molecule has 0 amide bonds. The Balaban J connectivity index is 3.73. The van der Waals surface area contributed by atoms with Crippen molar-refractivity contribution in [2.24, 2.45) is 5.73 Å². The summed E-state index contributed by atoms with van der Waals surface area (Å²) in [6.07, 6.45) is 0. The molecule has 0 aliphatic heterocycles. The van der Waals surface area contributed by atoms with E-state index < -0.39 is 24.6 Å². The summed E-state index contributed by atoms with van der Waals surface area (Å²) in [5.74, 6) is -1.64. The maximum absolute atomic E-state index is 10.5. The van der Waals surface area contributed by atoms with Crippen LogP contribution in [0.25, 0.3) is 0 Å². The Morgan fingerprint density at radius 3 is 2.50 bits per heavy atom. The van der Waals surface area contributed by atoms with Gasteiger partial charge in [-0.2, -0.15) is 0 Å². The van der Waals surface area contributed by atoms with E-state index in [1.54, 1.807) is 0 Å². The van der Waals surface area contributed by atoms with Gasteiger partial charge in [-0.3, -0.25) is 4.79 Å². The lowest BCUT2D eigenvalue weighted by Crippen LogP contribution is -2.36. The lowest BCUT2D eigenvalue weighted by Gasteiger charge is -2.03. The van der Waals surface area contributed by atoms with Gasteiger partial charge in [0.05, 0.1) is 6.61 Å². The summed E-state index contributed by atoms with van der Waals surface area (Å²) in [6, 6.07) is -1.12. The molecule has 0 aliphatic rings. The second kappa shape index (κ2) is 3.97. The van der Waals surface area contributed by atoms with Crippen molar-refractivity contribution in [1.82, 2.24) is 0 Å². The van der Waals surface area contributed by atoms with E-state index in [1.807, 2.05) is 0 Å². The molecule has 0 fully saturated rings. The molecule has 0 saturated heterocycles. The van der Waals surface area contributed by atoms with Crippen LogP contribution in [0, 0.1) is 0 Å². The molecule has 1 atom stereocenters. The Kier molecular flexibility index (Phi) is 3.60. The molecule has 0 aromatic carbocycles. The van der Waals surface area contributed by atoms with Crippen molar-refractivity contribution in [2.75, 3.05) is 6.61 Å². The van der Waals surface area contributed by atoms with Crippen LogP contribution in [-0.4, -0.2) is 29.7 Å². The number of nitrogens with two attached hydrogens (primary N) is 1. The molecule has 0 saturated carbocycles. The highest BCUT2D eigenvalue weighted by Crippen LogP contribution is 1.84. The monoisotopic (exact) mass is 147 g/mol. The standard InChI is InChI=1S/C5H9NO4/c1-3(8)10-5(9)4(6)2-7/h4,7H,2,6H2,1H3. The molecular weight excluding hydrogens is 138 g/mol. The predicted octanol–water partition coefficient (Wildman–Crippen LogP) is -1.60. The van der Waals surface area contributed by atoms with E-state index in [9.17, 15) is 9.59 Å². The lowest BCUT2D eigenvalue weighted by atomic mass is 10.3. The zero-order valence-corrected chi connectivity index (χ0v) is 5.53. The zero-order valence-electron chi connectivity index (χ0n) is 5.53. The van der Waals surface area contributed by atoms with Gasteiger partial charge in [0.1, 0.15) is 6.04 Å². The second-order valence-electron chi connectivity index (χ2n) is 1.70. The van der Waals surface area contributed by atoms with Gasteiger partial charge in [0.25, 0.3) is 0 Å². The summed E-state index contributed by atoms with van der Waals surface area (Å²) in [4.78, 5) is 20.6. The largest absolute Gasteiger partial charge is 0.394 e. The zero-order chi connectivity index (χ0) is 8.15. The molecule has 0 aliphatic carbocycles. The number of esters is 2. The third kappa shape index (κ3) is 3.16. The first-order valence-electron chi connectivity index (χ1n) is 2.66. The third-order valence-corrected chi connectivity index (χ3v) is 0.744. The molecule has 0 radical (unpaired) electrons. The Hall–Kier alpha value is -0.940. The van der Waals surface area contributed by atoms with Crippen LogP contribution in [0.5, 0.6) is 0 Å². The minimum absolute atomic E-state index is 0.522. The molecule has 0 rings (SSSR count). The SMILES string of the molecule is CC(=O)OC(=O)C(N)CO. The highest BCUT2D eigenvalue weighted by molar-refractivity contribution is 5.87. The van der Waals surface area contributed by atoms with Crippen molar-refractivity contribution in [3.63, 3.8) is 0 Å². The van der Waals surface area contributed by atoms with Crippen LogP contribution in [0.2, 0.25) is 0 Å². The Morgan fingerprint density at radius 2 is 2.20 bits per heavy atom. The van der Waals surface area contributed by atoms with Crippen molar-refractivity contribution in [1.29, 1.82) is 0 Å². The number of rotatable bonds is 2. The molecule has 58 valence electrons. The van der Waals surface area contributed by atoms with Crippen molar-refractivity contribution >= 4 is 11.9 Å². The van der Waals surface area contributed by atoms with E-state index in [0.29, 0.717) is 0 Å². The second-order valence-corrected chi connectivity index (χ2v) is 1.70. The van der Waals surface area contributed by atoms with E-state index in [-0.39, 0.29) is 0 Å². The average Bonchev–Trinajstić information content (AvgIpc) is 1.85. The summed E-state index contributed by atoms with van der Waals surface area (Å²) in [6.45, 7) is 0.564. The molecular formula is C5H9NO4. The summed E-state index contributed by atoms with van der Waals surface area (Å²) in [5.41, 5.74) is 4.99. The molecule has 5 nitrogen and oxygen atoms in total. The number of ether oxygens (including phenoxy) is 1. The molecule has 0 bridgehead atoms. The molecule has 0 aromatic heterocycles. The van der Waals surface area contributed by atoms with E-state index >= 15 is 0 Å². The van der Waals surface area contributed by atoms with Gasteiger partial charge >= 0.3 is 11.9 Å². The quantitative estimate of drug-likeness (QED) is 0.362. The Bertz CT molecular complexity index is 145. The van der Waals surface area contributed by atoms with Crippen LogP contribution in [-0.2, 0) is 14.3 Å². The van der Waals surface area contributed by atoms with Gasteiger partial charge in [-0.25, -0.2) is 4.79 Å². The highest BCUT2D eigenvalue weighted by atomic mass is 16.6. The molecule has 1 unspecified atom stereocenters. The van der Waals surface area contributed by atoms with Gasteiger partial charge in [-0.1, -0.05) is 0 Å². The summed E-state index contributed by atoms with van der Waals surface area (Å²) in [7, 11) is 0. The Labute approximate surface area is 57.8 Å². The van der Waals surface area contributed by atoms with Gasteiger partial charge < -0.3 is 15.6 Å². The number of hydrogen-bond donors (Lipinski definition) is 2. The number of carbonyl (C=O) groups excluding carboxylic acids is 2. The Morgan fingerprint density at radius 1 is 1.70 bits per heavy atom. The molecule has 10 heavy (non-hydrogen) atoms. The highest BCUT2D eigenvalue weighted by Gasteiger charge is 2.14. The normalized spacial score (nSPS) is 12.3. The fourth-order valence-corrected chi connectivity index (χ4v) is 0.292. The minimum atomic E-state index is -1.12. The number of aliphatic hydroxyl groups excluding tert-OH is 1. The molecule has 0 heterocycles. The third-order valence-electron chi connectivity index (χ3n) is 0.744. The van der Waals surface area contributed by atoms with Crippen LogP contribution < -0.4 is 5.73 Å². The number of aliphatic hydroxyl groups is 1. The fourth-order valence-electron chi connectivity index (χ4n) is 0.292. The first kappa shape index (κ1) is 9.06. The first-order valence-corrected chi connectivity index (χ1v) is 2.66. The number of hydrogen-bond acceptors (Lipinski definition) is 5. The topological polar surface area (TPSA) is 89.6 Å². The smallest absolute Gasteiger partial charge is 0.332 e. The molecule has 0 spiro atoms. The van der Waals surface area contributed by atoms with E-state index in [4.69, 9.17) is 10.8 Å². The summed E-state index contributed by atoms with van der Waals surface area (Å²) >= 11 is 0. The molecule has 5 heteroatoms. The van der Waals surface area contributed by atoms with Gasteiger partial charge in [-0.05, 0) is 0 Å². The molecule has 0 aromatic rings. The summed E-state index contributed by atoms with van der Waals surface area (Å²) < 4.78 is 4.04. The van der Waals surface area contributed by atoms with Gasteiger partial charge in [-0.15, -0.1) is 0 Å². The van der Waals surface area contributed by atoms with Crippen LogP contribution in [0.4, 0.5) is 0 Å². The lowest BCUT2D eigenvalue weighted by molar-refractivity contribution is -0.159. The van der Waals surface area contributed by atoms with E-state index in [1.165, 1.54) is 0 Å². The maximum Gasteiger partial charge on any atom is 0.332 e. The van der Waals surface area contributed by atoms with E-state index in [2.05, 4.69) is 4.74 Å². The van der Waals surface area contributed by atoms with E-state index in [0.717, 1.165) is 6.92 Å². The van der Waals surface area contributed by atoms with Gasteiger partial charge in [0, 0.05) is 6.92 Å². The maximum atomic E-state index is 10.5. The predicted molar refractivity (Wildman–Crippen MR) is 31.8 cm³/mol. The van der Waals surface area contributed by atoms with Crippen LogP contribution in [0.1, 0.15) is 6.92 Å². The van der Waals surface area contributed by atoms with Crippen LogP contribution in [0.3, 0.4) is 0 Å². The minimum Gasteiger partial charge on any atom is -0.394 e. The number of carbonyl (C=O) groups is 2.